The summed E-state index contributed by atoms with van der Waals surface area (Å²) in [7, 11) is 0. The van der Waals surface area contributed by atoms with E-state index in [9.17, 15) is 4.39 Å². The normalized spacial score (nSPS) is 11.6. The second kappa shape index (κ2) is 7.62. The predicted octanol–water partition coefficient (Wildman–Crippen LogP) is 4.97. The minimum atomic E-state index is -2.57. The van der Waals surface area contributed by atoms with E-state index in [0.29, 0.717) is 23.9 Å². The Kier molecular flexibility index (Phi) is 6.06. The zero-order valence-corrected chi connectivity index (χ0v) is 15.2. The fourth-order valence-electron chi connectivity index (χ4n) is 1.82. The fourth-order valence-corrected chi connectivity index (χ4v) is 5.19. The van der Waals surface area contributed by atoms with E-state index in [1.54, 1.807) is 19.1 Å². The number of nitrogens with one attached hydrogen (secondary N) is 1. The van der Waals surface area contributed by atoms with Gasteiger partial charge >= 0.3 is 0 Å². The highest BCUT2D eigenvalue weighted by Gasteiger charge is 2.20. The smallest absolute Gasteiger partial charge is 0.289 e. The summed E-state index contributed by atoms with van der Waals surface area (Å²) < 4.78 is 24.4. The molecule has 0 aliphatic heterocycles. The van der Waals surface area contributed by atoms with Crippen molar-refractivity contribution >= 4 is 34.9 Å². The third-order valence-corrected chi connectivity index (χ3v) is 6.29. The Morgan fingerprint density at radius 1 is 1.32 bits per heavy atom. The molecule has 1 aromatic heterocycles. The molecule has 120 valence electrons. The molecule has 0 atom stereocenters. The fraction of sp³-hybridized carbons (Fsp3) is 0.357. The second-order valence-electron chi connectivity index (χ2n) is 4.45. The lowest BCUT2D eigenvalue weighted by molar-refractivity contribution is 0.271. The van der Waals surface area contributed by atoms with Crippen LogP contribution in [0.1, 0.15) is 19.4 Å². The lowest BCUT2D eigenvalue weighted by atomic mass is 10.1. The minimum Gasteiger partial charge on any atom is -0.314 e. The Balaban J connectivity index is 2.20. The van der Waals surface area contributed by atoms with Gasteiger partial charge in [-0.05, 0) is 56.3 Å². The van der Waals surface area contributed by atoms with Crippen molar-refractivity contribution in [3.8, 4) is 11.3 Å². The second-order valence-corrected chi connectivity index (χ2v) is 8.48. The number of anilines is 1. The third-order valence-electron chi connectivity index (χ3n) is 2.79. The van der Waals surface area contributed by atoms with Crippen LogP contribution in [-0.2, 0) is 20.9 Å². The van der Waals surface area contributed by atoms with Crippen molar-refractivity contribution in [2.75, 3.05) is 18.3 Å². The molecule has 0 fully saturated rings. The van der Waals surface area contributed by atoms with Crippen LogP contribution in [0.4, 0.5) is 9.52 Å². The summed E-state index contributed by atoms with van der Waals surface area (Å²) in [5.41, 5.74) is 2.23. The summed E-state index contributed by atoms with van der Waals surface area (Å²) in [6.45, 7) is 3.85. The molecule has 0 aliphatic rings. The van der Waals surface area contributed by atoms with E-state index in [2.05, 4.69) is 10.1 Å². The van der Waals surface area contributed by atoms with E-state index in [-0.39, 0.29) is 5.82 Å². The van der Waals surface area contributed by atoms with Gasteiger partial charge in [-0.25, -0.2) is 9.37 Å². The van der Waals surface area contributed by atoms with Crippen LogP contribution in [0.5, 0.6) is 0 Å². The molecule has 0 unspecified atom stereocenters. The number of thiazole rings is 1. The summed E-state index contributed by atoms with van der Waals surface area (Å²) in [5, 5.41) is 5.62. The van der Waals surface area contributed by atoms with Crippen LogP contribution >= 0.6 is 18.0 Å². The van der Waals surface area contributed by atoms with Gasteiger partial charge in [0.15, 0.2) is 5.13 Å². The van der Waals surface area contributed by atoms with Crippen molar-refractivity contribution in [1.82, 2.24) is 4.98 Å². The van der Waals surface area contributed by atoms with Crippen molar-refractivity contribution in [3.63, 3.8) is 0 Å². The molecule has 8 heteroatoms. The van der Waals surface area contributed by atoms with Gasteiger partial charge in [-0.2, -0.15) is 0 Å². The Morgan fingerprint density at radius 3 is 2.59 bits per heavy atom. The van der Waals surface area contributed by atoms with Gasteiger partial charge in [0.25, 0.3) is 6.64 Å². The van der Waals surface area contributed by atoms with E-state index in [1.165, 1.54) is 17.4 Å². The maximum absolute atomic E-state index is 13.3. The molecule has 1 aromatic carbocycles. The maximum Gasteiger partial charge on any atom is 0.289 e. The molecular formula is C14H18FN2O2PS2. The average molecular weight is 360 g/mol. The van der Waals surface area contributed by atoms with Gasteiger partial charge in [-0.15, -0.1) is 11.3 Å². The summed E-state index contributed by atoms with van der Waals surface area (Å²) in [5.74, 6) is -0.222. The van der Waals surface area contributed by atoms with Crippen molar-refractivity contribution in [2.45, 2.75) is 20.8 Å². The molecule has 0 saturated heterocycles. The number of hydrogen-bond donors (Lipinski definition) is 1. The number of hydrogen-bond acceptors (Lipinski definition) is 5. The number of nitrogens with zero attached hydrogens (tertiary/aromatic N) is 1. The molecule has 0 spiro atoms. The molecule has 0 aliphatic carbocycles. The van der Waals surface area contributed by atoms with Crippen molar-refractivity contribution < 1.29 is 13.4 Å². The van der Waals surface area contributed by atoms with E-state index < -0.39 is 6.64 Å². The molecule has 4 nitrogen and oxygen atoms in total. The molecule has 1 N–H and O–H groups in total. The summed E-state index contributed by atoms with van der Waals surface area (Å²) in [6.07, 6.45) is 0. The Labute approximate surface area is 138 Å². The number of benzene rings is 1. The van der Waals surface area contributed by atoms with Crippen LogP contribution in [0.3, 0.4) is 0 Å². The van der Waals surface area contributed by atoms with Gasteiger partial charge in [0, 0.05) is 10.9 Å². The van der Waals surface area contributed by atoms with Crippen LogP contribution in [0, 0.1) is 12.7 Å². The van der Waals surface area contributed by atoms with Crippen LogP contribution in [0.2, 0.25) is 0 Å². The summed E-state index contributed by atoms with van der Waals surface area (Å²) in [6, 6.07) is 4.93. The van der Waals surface area contributed by atoms with Gasteiger partial charge in [-0.3, -0.25) is 5.09 Å². The van der Waals surface area contributed by atoms with Crippen molar-refractivity contribution in [2.24, 2.45) is 0 Å². The van der Waals surface area contributed by atoms with Crippen LogP contribution in [-0.4, -0.2) is 18.2 Å². The molecule has 2 rings (SSSR count). The Bertz CT molecular complexity index is 683. The topological polar surface area (TPSA) is 43.4 Å². The van der Waals surface area contributed by atoms with Gasteiger partial charge in [0.2, 0.25) is 0 Å². The lowest BCUT2D eigenvalue weighted by Crippen LogP contribution is -2.04. The van der Waals surface area contributed by atoms with E-state index in [4.69, 9.17) is 20.9 Å². The lowest BCUT2D eigenvalue weighted by Gasteiger charge is -2.20. The van der Waals surface area contributed by atoms with Gasteiger partial charge in [0.05, 0.1) is 18.9 Å². The number of aromatic nitrogens is 1. The average Bonchev–Trinajstić information content (AvgIpc) is 2.90. The first-order chi connectivity index (χ1) is 10.5. The monoisotopic (exact) mass is 360 g/mol. The Hall–Kier alpha value is -0.850. The predicted molar refractivity (Wildman–Crippen MR) is 93.4 cm³/mol. The van der Waals surface area contributed by atoms with Crippen LogP contribution < -0.4 is 5.09 Å². The standard InChI is InChI=1S/C14H18FN2O2PS2/c1-4-18-20(21,19-5-2)17-14-16-13(9-22-14)11-6-7-12(15)10(3)8-11/h6-9H,4-5H2,1-3H3,(H,16,17,21). The molecule has 0 radical (unpaired) electrons. The van der Waals surface area contributed by atoms with Crippen molar-refractivity contribution in [1.29, 1.82) is 0 Å². The quantitative estimate of drug-likeness (QED) is 0.707. The highest BCUT2D eigenvalue weighted by atomic mass is 32.5. The Morgan fingerprint density at radius 2 is 2.00 bits per heavy atom. The molecule has 2 aromatic rings. The molecule has 0 bridgehead atoms. The van der Waals surface area contributed by atoms with Crippen LogP contribution in [0.25, 0.3) is 11.3 Å². The highest BCUT2D eigenvalue weighted by molar-refractivity contribution is 8.10. The summed E-state index contributed by atoms with van der Waals surface area (Å²) >= 11 is 6.84. The summed E-state index contributed by atoms with van der Waals surface area (Å²) in [4.78, 5) is 4.49. The van der Waals surface area contributed by atoms with Crippen molar-refractivity contribution in [3.05, 3.63) is 35.0 Å². The zero-order valence-electron chi connectivity index (χ0n) is 12.6. The zero-order chi connectivity index (χ0) is 16.2. The SMILES string of the molecule is CCOP(=S)(Nc1nc(-c2ccc(F)c(C)c2)cs1)OCC. The van der Waals surface area contributed by atoms with Gasteiger partial charge < -0.3 is 9.05 Å². The largest absolute Gasteiger partial charge is 0.314 e. The van der Waals surface area contributed by atoms with E-state index >= 15 is 0 Å². The molecule has 0 amide bonds. The maximum atomic E-state index is 13.3. The van der Waals surface area contributed by atoms with Crippen LogP contribution in [0.15, 0.2) is 23.6 Å². The van der Waals surface area contributed by atoms with E-state index in [1.807, 2.05) is 19.2 Å². The first kappa shape index (κ1) is 17.5. The van der Waals surface area contributed by atoms with Gasteiger partial charge in [0.1, 0.15) is 5.82 Å². The molecule has 22 heavy (non-hydrogen) atoms. The van der Waals surface area contributed by atoms with Gasteiger partial charge in [-0.1, -0.05) is 0 Å². The molecule has 1 heterocycles. The first-order valence-electron chi connectivity index (χ1n) is 6.87. The minimum absolute atomic E-state index is 0.222. The van der Waals surface area contributed by atoms with E-state index in [0.717, 1.165) is 11.3 Å². The number of halogens is 1. The first-order valence-corrected chi connectivity index (χ1v) is 10.4. The highest BCUT2D eigenvalue weighted by Crippen LogP contribution is 2.48. The molecule has 0 saturated carbocycles. The molecular weight excluding hydrogens is 342 g/mol. The third kappa shape index (κ3) is 4.33. The number of aryl methyl sites for hydroxylation is 1. The number of rotatable bonds is 7.